The molecule has 20 heavy (non-hydrogen) atoms. The minimum atomic E-state index is 0.00409. The van der Waals surface area contributed by atoms with Gasteiger partial charge in [0.1, 0.15) is 0 Å². The van der Waals surface area contributed by atoms with Gasteiger partial charge < -0.3 is 10.6 Å². The maximum Gasteiger partial charge on any atom is 0.0487 e. The van der Waals surface area contributed by atoms with Crippen LogP contribution < -0.4 is 5.73 Å². The largest absolute Gasteiger partial charge is 0.322 e. The van der Waals surface area contributed by atoms with Crippen LogP contribution in [0.1, 0.15) is 38.3 Å². The molecule has 2 aromatic carbocycles. The van der Waals surface area contributed by atoms with Crippen LogP contribution in [0, 0.1) is 0 Å². The van der Waals surface area contributed by atoms with Gasteiger partial charge in [-0.05, 0) is 43.3 Å². The summed E-state index contributed by atoms with van der Waals surface area (Å²) in [5.41, 5.74) is 7.98. The Kier molecular flexibility index (Phi) is 4.46. The van der Waals surface area contributed by atoms with Gasteiger partial charge in [0.15, 0.2) is 0 Å². The highest BCUT2D eigenvalue weighted by molar-refractivity contribution is 5.86. The van der Waals surface area contributed by atoms with Gasteiger partial charge >= 0.3 is 0 Å². The first-order chi connectivity index (χ1) is 9.56. The second kappa shape index (κ2) is 5.94. The molecular formula is C18H26N2. The molecule has 0 heterocycles. The van der Waals surface area contributed by atoms with Gasteiger partial charge in [-0.25, -0.2) is 0 Å². The van der Waals surface area contributed by atoms with E-state index in [0.29, 0.717) is 0 Å². The molecule has 2 N–H and O–H groups in total. The van der Waals surface area contributed by atoms with Gasteiger partial charge in [0.25, 0.3) is 0 Å². The average molecular weight is 270 g/mol. The Hall–Kier alpha value is -1.38. The number of nitrogens with two attached hydrogens (primary N) is 1. The van der Waals surface area contributed by atoms with Crippen molar-refractivity contribution in [2.45, 2.75) is 38.3 Å². The Morgan fingerprint density at radius 2 is 1.60 bits per heavy atom. The lowest BCUT2D eigenvalue weighted by molar-refractivity contribution is 0.106. The molecule has 2 aromatic rings. The van der Waals surface area contributed by atoms with Crippen LogP contribution in [0.4, 0.5) is 0 Å². The summed E-state index contributed by atoms with van der Waals surface area (Å²) < 4.78 is 0. The van der Waals surface area contributed by atoms with Crippen molar-refractivity contribution in [3.63, 3.8) is 0 Å². The van der Waals surface area contributed by atoms with Crippen molar-refractivity contribution in [1.29, 1.82) is 0 Å². The Labute approximate surface area is 122 Å². The third-order valence-electron chi connectivity index (χ3n) is 4.85. The SMILES string of the molecule is CCC(CC)(C(N)c1cccc2ccccc12)N(C)C. The highest BCUT2D eigenvalue weighted by Gasteiger charge is 2.36. The van der Waals surface area contributed by atoms with Crippen LogP contribution in [0.5, 0.6) is 0 Å². The standard InChI is InChI=1S/C18H26N2/c1-5-18(6-2,20(3)4)17(19)16-13-9-11-14-10-7-8-12-15(14)16/h7-13,17H,5-6,19H2,1-4H3. The van der Waals surface area contributed by atoms with Crippen LogP contribution in [0.2, 0.25) is 0 Å². The van der Waals surface area contributed by atoms with E-state index in [4.69, 9.17) is 5.73 Å². The number of rotatable bonds is 5. The van der Waals surface area contributed by atoms with Crippen LogP contribution in [-0.2, 0) is 0 Å². The molecule has 0 aromatic heterocycles. The molecule has 0 radical (unpaired) electrons. The number of likely N-dealkylation sites (N-methyl/N-ethyl adjacent to an activating group) is 1. The van der Waals surface area contributed by atoms with Crippen LogP contribution in [0.3, 0.4) is 0 Å². The number of fused-ring (bicyclic) bond motifs is 1. The third kappa shape index (κ3) is 2.34. The Morgan fingerprint density at radius 1 is 1.00 bits per heavy atom. The summed E-state index contributed by atoms with van der Waals surface area (Å²) in [4.78, 5) is 2.29. The summed E-state index contributed by atoms with van der Waals surface area (Å²) in [5, 5.41) is 2.54. The van der Waals surface area contributed by atoms with Crippen molar-refractivity contribution in [2.24, 2.45) is 5.73 Å². The Morgan fingerprint density at radius 3 is 2.20 bits per heavy atom. The van der Waals surface area contributed by atoms with E-state index in [9.17, 15) is 0 Å². The Bertz CT molecular complexity index is 565. The molecule has 0 aliphatic carbocycles. The number of hydrogen-bond donors (Lipinski definition) is 1. The molecule has 0 saturated heterocycles. The molecule has 1 unspecified atom stereocenters. The minimum Gasteiger partial charge on any atom is -0.322 e. The predicted molar refractivity (Wildman–Crippen MR) is 87.9 cm³/mol. The summed E-state index contributed by atoms with van der Waals surface area (Å²) in [6.07, 6.45) is 2.09. The third-order valence-corrected chi connectivity index (χ3v) is 4.85. The summed E-state index contributed by atoms with van der Waals surface area (Å²) in [6.45, 7) is 4.46. The van der Waals surface area contributed by atoms with Gasteiger partial charge in [-0.15, -0.1) is 0 Å². The predicted octanol–water partition coefficient (Wildman–Crippen LogP) is 3.96. The number of benzene rings is 2. The lowest BCUT2D eigenvalue weighted by atomic mass is 9.79. The zero-order chi connectivity index (χ0) is 14.8. The highest BCUT2D eigenvalue weighted by Crippen LogP contribution is 2.36. The molecule has 108 valence electrons. The lowest BCUT2D eigenvalue weighted by Gasteiger charge is -2.44. The van der Waals surface area contributed by atoms with Crippen molar-refractivity contribution >= 4 is 10.8 Å². The normalized spacial score (nSPS) is 13.9. The minimum absolute atomic E-state index is 0.00409. The highest BCUT2D eigenvalue weighted by atomic mass is 15.2. The van der Waals surface area contributed by atoms with Gasteiger partial charge in [0.2, 0.25) is 0 Å². The van der Waals surface area contributed by atoms with Crippen molar-refractivity contribution in [2.75, 3.05) is 14.1 Å². The molecule has 2 nitrogen and oxygen atoms in total. The van der Waals surface area contributed by atoms with E-state index in [1.54, 1.807) is 0 Å². The van der Waals surface area contributed by atoms with E-state index in [-0.39, 0.29) is 11.6 Å². The molecule has 2 rings (SSSR count). The van der Waals surface area contributed by atoms with Crippen molar-refractivity contribution in [3.05, 3.63) is 48.0 Å². The summed E-state index contributed by atoms with van der Waals surface area (Å²) in [6, 6.07) is 15.0. The summed E-state index contributed by atoms with van der Waals surface area (Å²) in [7, 11) is 4.27. The van der Waals surface area contributed by atoms with Crippen LogP contribution in [0.25, 0.3) is 10.8 Å². The molecular weight excluding hydrogens is 244 g/mol. The fourth-order valence-electron chi connectivity index (χ4n) is 3.41. The van der Waals surface area contributed by atoms with E-state index < -0.39 is 0 Å². The van der Waals surface area contributed by atoms with E-state index in [2.05, 4.69) is 75.3 Å². The topological polar surface area (TPSA) is 29.3 Å². The van der Waals surface area contributed by atoms with Gasteiger partial charge in [-0.1, -0.05) is 56.3 Å². The van der Waals surface area contributed by atoms with Crippen molar-refractivity contribution < 1.29 is 0 Å². The van der Waals surface area contributed by atoms with E-state index in [0.717, 1.165) is 12.8 Å². The maximum absolute atomic E-state index is 6.72. The first kappa shape index (κ1) is 15.0. The number of hydrogen-bond acceptors (Lipinski definition) is 2. The monoisotopic (exact) mass is 270 g/mol. The molecule has 0 spiro atoms. The molecule has 0 amide bonds. The van der Waals surface area contributed by atoms with Gasteiger partial charge in [0, 0.05) is 11.6 Å². The second-order valence-electron chi connectivity index (χ2n) is 5.75. The molecule has 0 bridgehead atoms. The first-order valence-electron chi connectivity index (χ1n) is 7.47. The zero-order valence-electron chi connectivity index (χ0n) is 13.1. The van der Waals surface area contributed by atoms with Crippen LogP contribution >= 0.6 is 0 Å². The zero-order valence-corrected chi connectivity index (χ0v) is 13.1. The fraction of sp³-hybridized carbons (Fsp3) is 0.444. The number of nitrogens with zero attached hydrogens (tertiary/aromatic N) is 1. The molecule has 2 heteroatoms. The molecule has 0 aliphatic rings. The van der Waals surface area contributed by atoms with Gasteiger partial charge in [-0.2, -0.15) is 0 Å². The summed E-state index contributed by atoms with van der Waals surface area (Å²) in [5.74, 6) is 0. The van der Waals surface area contributed by atoms with E-state index in [1.807, 2.05) is 0 Å². The summed E-state index contributed by atoms with van der Waals surface area (Å²) >= 11 is 0. The fourth-order valence-corrected chi connectivity index (χ4v) is 3.41. The van der Waals surface area contributed by atoms with E-state index >= 15 is 0 Å². The van der Waals surface area contributed by atoms with E-state index in [1.165, 1.54) is 16.3 Å². The molecule has 0 aliphatic heterocycles. The molecule has 0 fully saturated rings. The van der Waals surface area contributed by atoms with Crippen molar-refractivity contribution in [1.82, 2.24) is 4.90 Å². The lowest BCUT2D eigenvalue weighted by Crippen LogP contribution is -2.51. The van der Waals surface area contributed by atoms with Crippen LogP contribution in [0.15, 0.2) is 42.5 Å². The second-order valence-corrected chi connectivity index (χ2v) is 5.75. The van der Waals surface area contributed by atoms with Gasteiger partial charge in [-0.3, -0.25) is 0 Å². The molecule has 1 atom stereocenters. The smallest absolute Gasteiger partial charge is 0.0487 e. The van der Waals surface area contributed by atoms with Crippen molar-refractivity contribution in [3.8, 4) is 0 Å². The maximum atomic E-state index is 6.72. The van der Waals surface area contributed by atoms with Gasteiger partial charge in [0.05, 0.1) is 0 Å². The molecule has 0 saturated carbocycles. The first-order valence-corrected chi connectivity index (χ1v) is 7.47. The quantitative estimate of drug-likeness (QED) is 0.891. The van der Waals surface area contributed by atoms with Crippen LogP contribution in [-0.4, -0.2) is 24.5 Å². The average Bonchev–Trinajstić information content (AvgIpc) is 2.48. The Balaban J connectivity index is 2.57.